The predicted molar refractivity (Wildman–Crippen MR) is 85.6 cm³/mol. The van der Waals surface area contributed by atoms with Gasteiger partial charge >= 0.3 is 0 Å². The maximum Gasteiger partial charge on any atom is 0.142 e. The van der Waals surface area contributed by atoms with Crippen molar-refractivity contribution in [3.63, 3.8) is 0 Å². The highest BCUT2D eigenvalue weighted by Gasteiger charge is 2.06. The zero-order valence-corrected chi connectivity index (χ0v) is 13.4. The summed E-state index contributed by atoms with van der Waals surface area (Å²) in [6.45, 7) is 4.49. The Balaban J connectivity index is 2.18. The first kappa shape index (κ1) is 14.7. The van der Waals surface area contributed by atoms with Crippen LogP contribution >= 0.6 is 15.9 Å². The van der Waals surface area contributed by atoms with Gasteiger partial charge in [-0.2, -0.15) is 0 Å². The molecule has 0 aliphatic rings. The minimum Gasteiger partial charge on any atom is -0.507 e. The van der Waals surface area contributed by atoms with E-state index in [2.05, 4.69) is 21.2 Å². The molecule has 2 N–H and O–H groups in total. The van der Waals surface area contributed by atoms with E-state index in [1.54, 1.807) is 7.11 Å². The molecule has 0 aliphatic carbocycles. The van der Waals surface area contributed by atoms with Gasteiger partial charge in [0.2, 0.25) is 0 Å². The SMILES string of the molecule is COc1ccc(Br)cc1NCc1cc(C)c(O)c(C)c1. The Kier molecular flexibility index (Phi) is 4.55. The van der Waals surface area contributed by atoms with Gasteiger partial charge in [-0.25, -0.2) is 0 Å². The molecule has 4 heteroatoms. The van der Waals surface area contributed by atoms with Crippen molar-refractivity contribution >= 4 is 21.6 Å². The van der Waals surface area contributed by atoms with Crippen LogP contribution in [-0.2, 0) is 6.54 Å². The minimum atomic E-state index is 0.369. The summed E-state index contributed by atoms with van der Waals surface area (Å²) >= 11 is 3.46. The third-order valence-electron chi connectivity index (χ3n) is 3.20. The van der Waals surface area contributed by atoms with E-state index in [1.807, 2.05) is 44.2 Å². The molecule has 0 saturated heterocycles. The molecule has 0 aliphatic heterocycles. The molecule has 3 nitrogen and oxygen atoms in total. The van der Waals surface area contributed by atoms with Crippen molar-refractivity contribution < 1.29 is 9.84 Å². The highest BCUT2D eigenvalue weighted by Crippen LogP contribution is 2.29. The Morgan fingerprint density at radius 3 is 2.40 bits per heavy atom. The molecule has 0 atom stereocenters. The number of benzene rings is 2. The van der Waals surface area contributed by atoms with Gasteiger partial charge in [0.05, 0.1) is 12.8 Å². The van der Waals surface area contributed by atoms with Crippen LogP contribution in [0.25, 0.3) is 0 Å². The summed E-state index contributed by atoms with van der Waals surface area (Å²) in [5.74, 6) is 1.18. The number of nitrogens with one attached hydrogen (secondary N) is 1. The van der Waals surface area contributed by atoms with Gasteiger partial charge in [0.1, 0.15) is 11.5 Å². The van der Waals surface area contributed by atoms with Gasteiger partial charge in [0.25, 0.3) is 0 Å². The molecule has 0 heterocycles. The second kappa shape index (κ2) is 6.18. The standard InChI is InChI=1S/C16H18BrNO2/c1-10-6-12(7-11(2)16(10)19)9-18-14-8-13(17)4-5-15(14)20-3/h4-8,18-19H,9H2,1-3H3. The van der Waals surface area contributed by atoms with Crippen molar-refractivity contribution in [2.24, 2.45) is 0 Å². The summed E-state index contributed by atoms with van der Waals surface area (Å²) in [5, 5.41) is 13.1. The summed E-state index contributed by atoms with van der Waals surface area (Å²) < 4.78 is 6.33. The van der Waals surface area contributed by atoms with Crippen LogP contribution in [0, 0.1) is 13.8 Å². The van der Waals surface area contributed by atoms with Crippen LogP contribution in [0.2, 0.25) is 0 Å². The first-order valence-corrected chi connectivity index (χ1v) is 7.17. The van der Waals surface area contributed by atoms with Gasteiger partial charge in [-0.05, 0) is 48.7 Å². The molecule has 0 fully saturated rings. The Hall–Kier alpha value is -1.68. The van der Waals surface area contributed by atoms with Crippen molar-refractivity contribution in [2.75, 3.05) is 12.4 Å². The van der Waals surface area contributed by atoms with Crippen LogP contribution in [0.4, 0.5) is 5.69 Å². The van der Waals surface area contributed by atoms with Crippen LogP contribution in [0.15, 0.2) is 34.8 Å². The van der Waals surface area contributed by atoms with Crippen LogP contribution in [0.5, 0.6) is 11.5 Å². The van der Waals surface area contributed by atoms with Crippen molar-refractivity contribution in [3.8, 4) is 11.5 Å². The van der Waals surface area contributed by atoms with E-state index < -0.39 is 0 Å². The van der Waals surface area contributed by atoms with Crippen LogP contribution in [0.1, 0.15) is 16.7 Å². The van der Waals surface area contributed by atoms with Crippen molar-refractivity contribution in [3.05, 3.63) is 51.5 Å². The number of hydrogen-bond donors (Lipinski definition) is 2. The number of ether oxygens (including phenoxy) is 1. The lowest BCUT2D eigenvalue weighted by Gasteiger charge is -2.13. The van der Waals surface area contributed by atoms with Crippen LogP contribution < -0.4 is 10.1 Å². The summed E-state index contributed by atoms with van der Waals surface area (Å²) in [6, 6.07) is 9.82. The van der Waals surface area contributed by atoms with Gasteiger partial charge in [-0.3, -0.25) is 0 Å². The average molecular weight is 336 g/mol. The predicted octanol–water partition coefficient (Wildman–Crippen LogP) is 4.39. The summed E-state index contributed by atoms with van der Waals surface area (Å²) in [7, 11) is 1.66. The number of phenolic OH excluding ortho intramolecular Hbond substituents is 1. The highest BCUT2D eigenvalue weighted by atomic mass is 79.9. The fourth-order valence-corrected chi connectivity index (χ4v) is 2.52. The number of aryl methyl sites for hydroxylation is 2. The maximum atomic E-state index is 9.79. The summed E-state index contributed by atoms with van der Waals surface area (Å²) in [5.41, 5.74) is 3.84. The van der Waals surface area contributed by atoms with Crippen molar-refractivity contribution in [1.29, 1.82) is 0 Å². The molecule has 2 aromatic carbocycles. The number of aromatic hydroxyl groups is 1. The quantitative estimate of drug-likeness (QED) is 0.870. The molecule has 0 saturated carbocycles. The lowest BCUT2D eigenvalue weighted by atomic mass is 10.1. The lowest BCUT2D eigenvalue weighted by Crippen LogP contribution is -2.02. The first-order chi connectivity index (χ1) is 9.51. The Labute approximate surface area is 127 Å². The topological polar surface area (TPSA) is 41.5 Å². The van der Waals surface area contributed by atoms with E-state index >= 15 is 0 Å². The Bertz CT molecular complexity index is 603. The zero-order chi connectivity index (χ0) is 14.7. The molecule has 2 rings (SSSR count). The molecular weight excluding hydrogens is 318 g/mol. The van der Waals surface area contributed by atoms with Gasteiger partial charge in [-0.15, -0.1) is 0 Å². The van der Waals surface area contributed by atoms with E-state index in [9.17, 15) is 5.11 Å². The molecule has 2 aromatic rings. The van der Waals surface area contributed by atoms with E-state index in [0.29, 0.717) is 12.3 Å². The summed E-state index contributed by atoms with van der Waals surface area (Å²) in [4.78, 5) is 0. The fraction of sp³-hybridized carbons (Fsp3) is 0.250. The van der Waals surface area contributed by atoms with E-state index in [4.69, 9.17) is 4.74 Å². The summed E-state index contributed by atoms with van der Waals surface area (Å²) in [6.07, 6.45) is 0. The highest BCUT2D eigenvalue weighted by molar-refractivity contribution is 9.10. The molecule has 0 aromatic heterocycles. The second-order valence-electron chi connectivity index (χ2n) is 4.78. The number of phenols is 1. The third-order valence-corrected chi connectivity index (χ3v) is 3.69. The fourth-order valence-electron chi connectivity index (χ4n) is 2.16. The van der Waals surface area contributed by atoms with Crippen LogP contribution in [0.3, 0.4) is 0 Å². The molecule has 0 amide bonds. The van der Waals surface area contributed by atoms with Crippen molar-refractivity contribution in [1.82, 2.24) is 0 Å². The van der Waals surface area contributed by atoms with E-state index in [1.165, 1.54) is 0 Å². The molecule has 0 unspecified atom stereocenters. The van der Waals surface area contributed by atoms with Crippen LogP contribution in [-0.4, -0.2) is 12.2 Å². The van der Waals surface area contributed by atoms with E-state index in [0.717, 1.165) is 32.6 Å². The minimum absolute atomic E-state index is 0.369. The molecule has 0 bridgehead atoms. The average Bonchev–Trinajstić information content (AvgIpc) is 2.42. The normalized spacial score (nSPS) is 10.4. The smallest absolute Gasteiger partial charge is 0.142 e. The molecule has 0 radical (unpaired) electrons. The number of hydrogen-bond acceptors (Lipinski definition) is 3. The lowest BCUT2D eigenvalue weighted by molar-refractivity contribution is 0.416. The van der Waals surface area contributed by atoms with Crippen molar-refractivity contribution in [2.45, 2.75) is 20.4 Å². The largest absolute Gasteiger partial charge is 0.507 e. The van der Waals surface area contributed by atoms with Gasteiger partial charge < -0.3 is 15.2 Å². The maximum absolute atomic E-state index is 9.79. The number of halogens is 1. The number of methoxy groups -OCH3 is 1. The Morgan fingerprint density at radius 2 is 1.80 bits per heavy atom. The first-order valence-electron chi connectivity index (χ1n) is 6.37. The molecule has 0 spiro atoms. The molecular formula is C16H18BrNO2. The zero-order valence-electron chi connectivity index (χ0n) is 11.8. The monoisotopic (exact) mass is 335 g/mol. The Morgan fingerprint density at radius 1 is 1.15 bits per heavy atom. The molecule has 20 heavy (non-hydrogen) atoms. The van der Waals surface area contributed by atoms with E-state index in [-0.39, 0.29) is 0 Å². The third kappa shape index (κ3) is 3.25. The van der Waals surface area contributed by atoms with Gasteiger partial charge in [-0.1, -0.05) is 28.1 Å². The van der Waals surface area contributed by atoms with Gasteiger partial charge in [0.15, 0.2) is 0 Å². The molecule has 106 valence electrons. The van der Waals surface area contributed by atoms with Gasteiger partial charge in [0, 0.05) is 11.0 Å². The number of rotatable bonds is 4. The second-order valence-corrected chi connectivity index (χ2v) is 5.69. The number of anilines is 1.